The van der Waals surface area contributed by atoms with Gasteiger partial charge in [-0.1, -0.05) is 18.2 Å². The number of likely N-dealkylation sites (N-methyl/N-ethyl adjacent to an activating group) is 1. The maximum atomic E-state index is 2.47. The summed E-state index contributed by atoms with van der Waals surface area (Å²) in [6.45, 7) is 5.64. The van der Waals surface area contributed by atoms with Crippen LogP contribution in [0.4, 0.5) is 5.69 Å². The van der Waals surface area contributed by atoms with Gasteiger partial charge in [0.2, 0.25) is 0 Å². The van der Waals surface area contributed by atoms with Crippen molar-refractivity contribution in [1.29, 1.82) is 0 Å². The fourth-order valence-corrected chi connectivity index (χ4v) is 2.11. The van der Waals surface area contributed by atoms with E-state index in [-0.39, 0.29) is 0 Å². The van der Waals surface area contributed by atoms with Gasteiger partial charge in [-0.25, -0.2) is 0 Å². The normalized spacial score (nSPS) is 21.2. The van der Waals surface area contributed by atoms with Crippen molar-refractivity contribution in [3.05, 3.63) is 29.8 Å². The third kappa shape index (κ3) is 1.01. The summed E-state index contributed by atoms with van der Waals surface area (Å²) in [6.07, 6.45) is 1.21. The van der Waals surface area contributed by atoms with Gasteiger partial charge in [0.25, 0.3) is 0 Å². The highest BCUT2D eigenvalue weighted by Crippen LogP contribution is 2.30. The first-order valence-corrected chi connectivity index (χ1v) is 4.67. The molecule has 1 atom stereocenters. The van der Waals surface area contributed by atoms with Crippen molar-refractivity contribution in [3.63, 3.8) is 0 Å². The number of hydrogen-bond acceptors (Lipinski definition) is 1. The van der Waals surface area contributed by atoms with Crippen molar-refractivity contribution in [3.8, 4) is 0 Å². The molecule has 0 bridgehead atoms. The van der Waals surface area contributed by atoms with E-state index < -0.39 is 0 Å². The maximum absolute atomic E-state index is 2.47. The Hall–Kier alpha value is -0.980. The van der Waals surface area contributed by atoms with E-state index in [1.54, 1.807) is 0 Å². The molecule has 1 aromatic carbocycles. The Morgan fingerprint density at radius 1 is 1.42 bits per heavy atom. The van der Waals surface area contributed by atoms with Gasteiger partial charge in [0, 0.05) is 18.3 Å². The molecular formula is C11H15N. The summed E-state index contributed by atoms with van der Waals surface area (Å²) in [5, 5.41) is 0. The van der Waals surface area contributed by atoms with E-state index in [4.69, 9.17) is 0 Å². The van der Waals surface area contributed by atoms with Crippen LogP contribution in [0, 0.1) is 0 Å². The van der Waals surface area contributed by atoms with Crippen LogP contribution in [0.3, 0.4) is 0 Å². The predicted octanol–water partition coefficient (Wildman–Crippen LogP) is 2.46. The van der Waals surface area contributed by atoms with Gasteiger partial charge in [-0.05, 0) is 31.9 Å². The van der Waals surface area contributed by atoms with Crippen LogP contribution >= 0.6 is 0 Å². The lowest BCUT2D eigenvalue weighted by Crippen LogP contribution is -2.28. The van der Waals surface area contributed by atoms with Crippen molar-refractivity contribution < 1.29 is 0 Å². The monoisotopic (exact) mass is 161 g/mol. The summed E-state index contributed by atoms with van der Waals surface area (Å²) < 4.78 is 0. The predicted molar refractivity (Wildman–Crippen MR) is 52.6 cm³/mol. The first-order chi connectivity index (χ1) is 5.83. The minimum atomic E-state index is 0.687. The minimum absolute atomic E-state index is 0.687. The maximum Gasteiger partial charge on any atom is 0.0401 e. The summed E-state index contributed by atoms with van der Waals surface area (Å²) in [7, 11) is 0. The SMILES string of the molecule is CCN1c2ccccc2C[C@H]1C. The highest BCUT2D eigenvalue weighted by Gasteiger charge is 2.23. The Morgan fingerprint density at radius 3 is 2.92 bits per heavy atom. The quantitative estimate of drug-likeness (QED) is 0.611. The molecule has 2 rings (SSSR count). The Kier molecular flexibility index (Phi) is 1.80. The molecule has 0 aromatic heterocycles. The fraction of sp³-hybridized carbons (Fsp3) is 0.455. The second-order valence-corrected chi connectivity index (χ2v) is 3.47. The number of fused-ring (bicyclic) bond motifs is 1. The molecule has 1 heterocycles. The van der Waals surface area contributed by atoms with Crippen LogP contribution in [0.2, 0.25) is 0 Å². The molecule has 0 unspecified atom stereocenters. The second kappa shape index (κ2) is 2.81. The van der Waals surface area contributed by atoms with Gasteiger partial charge in [0.1, 0.15) is 0 Å². The van der Waals surface area contributed by atoms with Gasteiger partial charge in [0.15, 0.2) is 0 Å². The molecule has 0 radical (unpaired) electrons. The first-order valence-electron chi connectivity index (χ1n) is 4.67. The number of benzene rings is 1. The summed E-state index contributed by atoms with van der Waals surface area (Å²) in [5.74, 6) is 0. The lowest BCUT2D eigenvalue weighted by atomic mass is 10.1. The zero-order chi connectivity index (χ0) is 8.55. The molecule has 1 aliphatic rings. The van der Waals surface area contributed by atoms with Crippen LogP contribution in [-0.2, 0) is 6.42 Å². The molecule has 0 aliphatic carbocycles. The Balaban J connectivity index is 2.40. The molecular weight excluding hydrogens is 146 g/mol. The van der Waals surface area contributed by atoms with E-state index in [0.717, 1.165) is 6.54 Å². The Labute approximate surface area is 74.0 Å². The van der Waals surface area contributed by atoms with Crippen LogP contribution in [0.25, 0.3) is 0 Å². The first kappa shape index (κ1) is 7.66. The van der Waals surface area contributed by atoms with Gasteiger partial charge >= 0.3 is 0 Å². The van der Waals surface area contributed by atoms with E-state index in [9.17, 15) is 0 Å². The summed E-state index contributed by atoms with van der Waals surface area (Å²) in [4.78, 5) is 2.47. The molecule has 0 amide bonds. The smallest absolute Gasteiger partial charge is 0.0401 e. The van der Waals surface area contributed by atoms with Gasteiger partial charge < -0.3 is 4.90 Å². The number of nitrogens with zero attached hydrogens (tertiary/aromatic N) is 1. The lowest BCUT2D eigenvalue weighted by Gasteiger charge is -2.22. The molecule has 1 aliphatic heterocycles. The highest BCUT2D eigenvalue weighted by molar-refractivity contribution is 5.58. The van der Waals surface area contributed by atoms with Crippen LogP contribution < -0.4 is 4.90 Å². The van der Waals surface area contributed by atoms with Gasteiger partial charge in [0.05, 0.1) is 0 Å². The van der Waals surface area contributed by atoms with Crippen LogP contribution in [0.1, 0.15) is 19.4 Å². The van der Waals surface area contributed by atoms with E-state index >= 15 is 0 Å². The number of anilines is 1. The van der Waals surface area contributed by atoms with Crippen molar-refractivity contribution in [2.75, 3.05) is 11.4 Å². The zero-order valence-corrected chi connectivity index (χ0v) is 7.75. The highest BCUT2D eigenvalue weighted by atomic mass is 15.2. The number of hydrogen-bond donors (Lipinski definition) is 0. The van der Waals surface area contributed by atoms with E-state index in [0.29, 0.717) is 6.04 Å². The minimum Gasteiger partial charge on any atom is -0.369 e. The Bertz CT molecular complexity index is 280. The number of para-hydroxylation sites is 1. The van der Waals surface area contributed by atoms with Crippen molar-refractivity contribution in [1.82, 2.24) is 0 Å². The Morgan fingerprint density at radius 2 is 2.17 bits per heavy atom. The van der Waals surface area contributed by atoms with Crippen molar-refractivity contribution in [2.24, 2.45) is 0 Å². The summed E-state index contributed by atoms with van der Waals surface area (Å²) >= 11 is 0. The van der Waals surface area contributed by atoms with Crippen molar-refractivity contribution in [2.45, 2.75) is 26.3 Å². The van der Waals surface area contributed by atoms with Gasteiger partial charge in [-0.15, -0.1) is 0 Å². The average molecular weight is 161 g/mol. The van der Waals surface area contributed by atoms with Gasteiger partial charge in [-0.2, -0.15) is 0 Å². The standard InChI is InChI=1S/C11H15N/c1-3-12-9(2)8-10-6-4-5-7-11(10)12/h4-7,9H,3,8H2,1-2H3/t9-/m1/s1. The van der Waals surface area contributed by atoms with E-state index in [1.165, 1.54) is 17.7 Å². The topological polar surface area (TPSA) is 3.24 Å². The van der Waals surface area contributed by atoms with Gasteiger partial charge in [-0.3, -0.25) is 0 Å². The lowest BCUT2D eigenvalue weighted by molar-refractivity contribution is 0.690. The molecule has 0 fully saturated rings. The summed E-state index contributed by atoms with van der Waals surface area (Å²) in [5.41, 5.74) is 2.94. The molecule has 1 aromatic rings. The second-order valence-electron chi connectivity index (χ2n) is 3.47. The number of rotatable bonds is 1. The zero-order valence-electron chi connectivity index (χ0n) is 7.75. The molecule has 1 heteroatoms. The molecule has 64 valence electrons. The largest absolute Gasteiger partial charge is 0.369 e. The third-order valence-electron chi connectivity index (χ3n) is 2.69. The average Bonchev–Trinajstić information content (AvgIpc) is 2.40. The fourth-order valence-electron chi connectivity index (χ4n) is 2.11. The van der Waals surface area contributed by atoms with Crippen LogP contribution in [0.5, 0.6) is 0 Å². The summed E-state index contributed by atoms with van der Waals surface area (Å²) in [6, 6.07) is 9.40. The molecule has 0 spiro atoms. The van der Waals surface area contributed by atoms with E-state index in [1.807, 2.05) is 0 Å². The molecule has 0 N–H and O–H groups in total. The molecule has 1 nitrogen and oxygen atoms in total. The van der Waals surface area contributed by atoms with Crippen LogP contribution in [-0.4, -0.2) is 12.6 Å². The van der Waals surface area contributed by atoms with Crippen molar-refractivity contribution >= 4 is 5.69 Å². The van der Waals surface area contributed by atoms with Crippen LogP contribution in [0.15, 0.2) is 24.3 Å². The molecule has 0 saturated heterocycles. The third-order valence-corrected chi connectivity index (χ3v) is 2.69. The molecule has 0 saturated carbocycles. The van der Waals surface area contributed by atoms with E-state index in [2.05, 4.69) is 43.0 Å². The molecule has 12 heavy (non-hydrogen) atoms.